The Morgan fingerprint density at radius 3 is 2.67 bits per heavy atom. The molecule has 1 aliphatic rings. The normalized spacial score (nSPS) is 18.2. The lowest BCUT2D eigenvalue weighted by atomic mass is 10.0. The fraction of sp³-hybridized carbons (Fsp3) is 0.467. The maximum absolute atomic E-state index is 12.6. The maximum Gasteiger partial charge on any atom is 0.328 e. The molecule has 0 aliphatic carbocycles. The molecule has 2 N–H and O–H groups in total. The number of anilines is 1. The fourth-order valence-corrected chi connectivity index (χ4v) is 2.57. The van der Waals surface area contributed by atoms with Gasteiger partial charge in [-0.15, -0.1) is 0 Å². The monoisotopic (exact) mass is 292 g/mol. The van der Waals surface area contributed by atoms with Gasteiger partial charge in [0.25, 0.3) is 5.91 Å². The van der Waals surface area contributed by atoms with Gasteiger partial charge in [0, 0.05) is 18.3 Å². The topological polar surface area (TPSA) is 81.9 Å². The van der Waals surface area contributed by atoms with Crippen LogP contribution in [0.5, 0.6) is 5.75 Å². The molecule has 1 aromatic rings. The first-order chi connectivity index (χ1) is 10.1. The number of likely N-dealkylation sites (tertiary alicyclic amines) is 1. The maximum atomic E-state index is 12.6. The van der Waals surface area contributed by atoms with Crippen LogP contribution in [0.25, 0.3) is 0 Å². The Kier molecular flexibility index (Phi) is 4.67. The van der Waals surface area contributed by atoms with Gasteiger partial charge in [0.05, 0.1) is 19.8 Å². The molecule has 114 valence electrons. The van der Waals surface area contributed by atoms with Gasteiger partial charge in [0.15, 0.2) is 0 Å². The minimum Gasteiger partial charge on any atom is -0.497 e. The lowest BCUT2D eigenvalue weighted by Gasteiger charge is -2.34. The van der Waals surface area contributed by atoms with Gasteiger partial charge in [-0.05, 0) is 31.4 Å². The highest BCUT2D eigenvalue weighted by Crippen LogP contribution is 2.25. The second-order valence-corrected chi connectivity index (χ2v) is 4.99. The average molecular weight is 292 g/mol. The van der Waals surface area contributed by atoms with Crippen LogP contribution >= 0.6 is 0 Å². The number of piperidine rings is 1. The fourth-order valence-electron chi connectivity index (χ4n) is 2.57. The van der Waals surface area contributed by atoms with Crippen LogP contribution in [0.15, 0.2) is 18.2 Å². The van der Waals surface area contributed by atoms with Gasteiger partial charge in [0.1, 0.15) is 11.8 Å². The predicted molar refractivity (Wildman–Crippen MR) is 78.1 cm³/mol. The quantitative estimate of drug-likeness (QED) is 0.673. The highest BCUT2D eigenvalue weighted by molar-refractivity contribution is 6.01. The lowest BCUT2D eigenvalue weighted by molar-refractivity contribution is -0.147. The van der Waals surface area contributed by atoms with Gasteiger partial charge < -0.3 is 20.1 Å². The number of nitrogens with two attached hydrogens (primary N) is 1. The smallest absolute Gasteiger partial charge is 0.328 e. The highest BCUT2D eigenvalue weighted by atomic mass is 16.5. The number of carbonyl (C=O) groups excluding carboxylic acids is 2. The number of ether oxygens (including phenoxy) is 2. The third-order valence-corrected chi connectivity index (χ3v) is 3.73. The van der Waals surface area contributed by atoms with Gasteiger partial charge in [-0.3, -0.25) is 4.79 Å². The van der Waals surface area contributed by atoms with Crippen molar-refractivity contribution in [1.29, 1.82) is 0 Å². The summed E-state index contributed by atoms with van der Waals surface area (Å²) in [6.07, 6.45) is 2.39. The van der Waals surface area contributed by atoms with Crippen LogP contribution in [0.1, 0.15) is 29.6 Å². The second-order valence-electron chi connectivity index (χ2n) is 4.99. The minimum atomic E-state index is -0.530. The molecule has 6 heteroatoms. The number of carbonyl (C=O) groups is 2. The molecule has 6 nitrogen and oxygen atoms in total. The molecule has 1 aromatic carbocycles. The van der Waals surface area contributed by atoms with E-state index in [1.807, 2.05) is 0 Å². The zero-order chi connectivity index (χ0) is 15.4. The van der Waals surface area contributed by atoms with Crippen molar-refractivity contribution < 1.29 is 19.1 Å². The number of nitrogens with zero attached hydrogens (tertiary/aromatic N) is 1. The zero-order valence-electron chi connectivity index (χ0n) is 12.3. The molecule has 0 aromatic heterocycles. The van der Waals surface area contributed by atoms with E-state index in [9.17, 15) is 9.59 Å². The van der Waals surface area contributed by atoms with Crippen LogP contribution in [0.3, 0.4) is 0 Å². The molecule has 1 saturated heterocycles. The van der Waals surface area contributed by atoms with Crippen molar-refractivity contribution in [1.82, 2.24) is 4.90 Å². The van der Waals surface area contributed by atoms with Crippen LogP contribution in [-0.4, -0.2) is 43.6 Å². The molecule has 1 atom stereocenters. The van der Waals surface area contributed by atoms with Crippen molar-refractivity contribution in [3.8, 4) is 5.75 Å². The number of esters is 1. The van der Waals surface area contributed by atoms with E-state index >= 15 is 0 Å². The summed E-state index contributed by atoms with van der Waals surface area (Å²) < 4.78 is 9.86. The molecular weight excluding hydrogens is 272 g/mol. The molecule has 21 heavy (non-hydrogen) atoms. The molecule has 1 unspecified atom stereocenters. The second kappa shape index (κ2) is 6.47. The summed E-state index contributed by atoms with van der Waals surface area (Å²) in [7, 11) is 2.87. The third kappa shape index (κ3) is 3.09. The molecule has 0 saturated carbocycles. The number of benzene rings is 1. The molecule has 0 spiro atoms. The van der Waals surface area contributed by atoms with E-state index in [1.165, 1.54) is 14.2 Å². The Balaban J connectivity index is 2.26. The van der Waals surface area contributed by atoms with Crippen molar-refractivity contribution in [3.05, 3.63) is 23.8 Å². The molecular formula is C15H20N2O4. The Hall–Kier alpha value is -2.24. The van der Waals surface area contributed by atoms with E-state index in [1.54, 1.807) is 23.1 Å². The zero-order valence-corrected chi connectivity index (χ0v) is 12.3. The Morgan fingerprint density at radius 1 is 1.29 bits per heavy atom. The van der Waals surface area contributed by atoms with Crippen molar-refractivity contribution in [2.45, 2.75) is 25.3 Å². The summed E-state index contributed by atoms with van der Waals surface area (Å²) in [6, 6.07) is 4.38. The van der Waals surface area contributed by atoms with E-state index in [0.29, 0.717) is 30.0 Å². The Morgan fingerprint density at radius 2 is 2.05 bits per heavy atom. The number of amides is 1. The van der Waals surface area contributed by atoms with Crippen LogP contribution < -0.4 is 10.5 Å². The van der Waals surface area contributed by atoms with Crippen molar-refractivity contribution in [3.63, 3.8) is 0 Å². The first kappa shape index (κ1) is 15.2. The summed E-state index contributed by atoms with van der Waals surface area (Å²) in [5.74, 6) is -0.0346. The summed E-state index contributed by atoms with van der Waals surface area (Å²) in [4.78, 5) is 26.0. The third-order valence-electron chi connectivity index (χ3n) is 3.73. The first-order valence-electron chi connectivity index (χ1n) is 6.90. The summed E-state index contributed by atoms with van der Waals surface area (Å²) in [5.41, 5.74) is 6.64. The van der Waals surface area contributed by atoms with E-state index in [4.69, 9.17) is 15.2 Å². The lowest BCUT2D eigenvalue weighted by Crippen LogP contribution is -2.48. The molecule has 1 aliphatic heterocycles. The number of hydrogen-bond acceptors (Lipinski definition) is 5. The number of methoxy groups -OCH3 is 2. The SMILES string of the molecule is COC(=O)C1CCCCN1C(=O)c1ccc(OC)cc1N. The van der Waals surface area contributed by atoms with Crippen molar-refractivity contribution in [2.24, 2.45) is 0 Å². The van der Waals surface area contributed by atoms with Crippen LogP contribution in [0.2, 0.25) is 0 Å². The minimum absolute atomic E-state index is 0.245. The molecule has 0 bridgehead atoms. The molecule has 2 rings (SSSR count). The Labute approximate surface area is 123 Å². The van der Waals surface area contributed by atoms with Crippen LogP contribution in [0.4, 0.5) is 5.69 Å². The largest absolute Gasteiger partial charge is 0.497 e. The van der Waals surface area contributed by atoms with Gasteiger partial charge >= 0.3 is 5.97 Å². The predicted octanol–water partition coefficient (Wildman–Crippen LogP) is 1.45. The number of hydrogen-bond donors (Lipinski definition) is 1. The summed E-state index contributed by atoms with van der Waals surface area (Å²) in [6.45, 7) is 0.532. The van der Waals surface area contributed by atoms with Gasteiger partial charge in [0.2, 0.25) is 0 Å². The first-order valence-corrected chi connectivity index (χ1v) is 6.90. The van der Waals surface area contributed by atoms with Crippen LogP contribution in [0, 0.1) is 0 Å². The molecule has 1 heterocycles. The summed E-state index contributed by atoms with van der Waals surface area (Å²) in [5, 5.41) is 0. The Bertz CT molecular complexity index is 544. The highest BCUT2D eigenvalue weighted by Gasteiger charge is 2.33. The van der Waals surface area contributed by atoms with E-state index in [2.05, 4.69) is 0 Å². The molecule has 1 amide bonds. The van der Waals surface area contributed by atoms with Crippen molar-refractivity contribution in [2.75, 3.05) is 26.5 Å². The van der Waals surface area contributed by atoms with E-state index < -0.39 is 6.04 Å². The van der Waals surface area contributed by atoms with E-state index in [-0.39, 0.29) is 11.9 Å². The number of nitrogen functional groups attached to an aromatic ring is 1. The van der Waals surface area contributed by atoms with Gasteiger partial charge in [-0.1, -0.05) is 0 Å². The van der Waals surface area contributed by atoms with Gasteiger partial charge in [-0.25, -0.2) is 4.79 Å². The van der Waals surface area contributed by atoms with Gasteiger partial charge in [-0.2, -0.15) is 0 Å². The average Bonchev–Trinajstić information content (AvgIpc) is 2.53. The molecule has 0 radical (unpaired) electrons. The van der Waals surface area contributed by atoms with Crippen molar-refractivity contribution >= 4 is 17.6 Å². The van der Waals surface area contributed by atoms with E-state index in [0.717, 1.165) is 12.8 Å². The summed E-state index contributed by atoms with van der Waals surface area (Å²) >= 11 is 0. The standard InChI is InChI=1S/C15H20N2O4/c1-20-10-6-7-11(12(16)9-10)14(18)17-8-4-3-5-13(17)15(19)21-2/h6-7,9,13H,3-5,8,16H2,1-2H3. The van der Waals surface area contributed by atoms with Crippen LogP contribution in [-0.2, 0) is 9.53 Å². The molecule has 1 fully saturated rings. The number of rotatable bonds is 3.